The Labute approximate surface area is 77.0 Å². The number of rotatable bonds is 2. The Morgan fingerprint density at radius 2 is 2.33 bits per heavy atom. The van der Waals surface area contributed by atoms with Gasteiger partial charge in [-0.25, -0.2) is 4.79 Å². The van der Waals surface area contributed by atoms with Crippen molar-refractivity contribution >= 4 is 17.8 Å². The smallest absolute Gasteiger partial charge is 0.431 e. The van der Waals surface area contributed by atoms with E-state index in [9.17, 15) is 4.79 Å². The van der Waals surface area contributed by atoms with E-state index in [1.165, 1.54) is 0 Å². The van der Waals surface area contributed by atoms with Crippen molar-refractivity contribution in [2.75, 3.05) is 6.07 Å². The molecule has 70 valence electrons. The Morgan fingerprint density at radius 1 is 1.58 bits per heavy atom. The first kappa shape index (κ1) is 9.65. The minimum atomic E-state index is -0.649. The Hall–Kier alpha value is -0.440. The van der Waals surface area contributed by atoms with Crippen LogP contribution in [-0.4, -0.2) is 18.3 Å². The predicted molar refractivity (Wildman–Crippen MR) is 45.1 cm³/mol. The summed E-state index contributed by atoms with van der Waals surface area (Å²) in [6.07, 6.45) is 2.40. The number of ether oxygens (including phenoxy) is 2. The standard InChI is InChI=1S/C8H13ClO3/c1-6-2-3-7(4-6)12-8(10)11-5-9/h6-7H,2-5H2,1H3. The van der Waals surface area contributed by atoms with E-state index in [-0.39, 0.29) is 12.2 Å². The Balaban J connectivity index is 2.18. The summed E-state index contributed by atoms with van der Waals surface area (Å²) in [6.45, 7) is 2.15. The van der Waals surface area contributed by atoms with Crippen molar-refractivity contribution in [3.05, 3.63) is 0 Å². The van der Waals surface area contributed by atoms with Crippen LogP contribution in [0.15, 0.2) is 0 Å². The lowest BCUT2D eigenvalue weighted by molar-refractivity contribution is 0.0345. The van der Waals surface area contributed by atoms with Gasteiger partial charge in [0.15, 0.2) is 6.07 Å². The largest absolute Gasteiger partial charge is 0.509 e. The SMILES string of the molecule is CC1CCC(OC(=O)OCCl)C1. The van der Waals surface area contributed by atoms with Crippen LogP contribution in [0, 0.1) is 5.92 Å². The van der Waals surface area contributed by atoms with Gasteiger partial charge in [-0.2, -0.15) is 0 Å². The molecular weight excluding hydrogens is 180 g/mol. The van der Waals surface area contributed by atoms with Crippen LogP contribution >= 0.6 is 11.6 Å². The minimum absolute atomic E-state index is 0.0377. The molecule has 0 aromatic heterocycles. The number of alkyl halides is 1. The molecule has 0 saturated heterocycles. The van der Waals surface area contributed by atoms with E-state index in [0.717, 1.165) is 19.3 Å². The van der Waals surface area contributed by atoms with Gasteiger partial charge in [-0.1, -0.05) is 18.5 Å². The highest BCUT2D eigenvalue weighted by Crippen LogP contribution is 2.27. The second-order valence-electron chi connectivity index (χ2n) is 3.16. The van der Waals surface area contributed by atoms with Gasteiger partial charge in [0.25, 0.3) is 0 Å². The first-order chi connectivity index (χ1) is 5.72. The van der Waals surface area contributed by atoms with Crippen LogP contribution in [0.4, 0.5) is 4.79 Å². The molecule has 2 atom stereocenters. The fraction of sp³-hybridized carbons (Fsp3) is 0.875. The number of carbonyl (C=O) groups is 1. The van der Waals surface area contributed by atoms with E-state index in [1.807, 2.05) is 0 Å². The zero-order chi connectivity index (χ0) is 8.97. The molecule has 2 unspecified atom stereocenters. The maximum atomic E-state index is 10.8. The van der Waals surface area contributed by atoms with Gasteiger partial charge in [-0.05, 0) is 25.2 Å². The Morgan fingerprint density at radius 3 is 2.83 bits per heavy atom. The molecule has 0 heterocycles. The first-order valence-electron chi connectivity index (χ1n) is 4.11. The second-order valence-corrected chi connectivity index (χ2v) is 3.38. The molecule has 1 aliphatic carbocycles. The van der Waals surface area contributed by atoms with Gasteiger partial charge in [-0.3, -0.25) is 0 Å². The quantitative estimate of drug-likeness (QED) is 0.498. The van der Waals surface area contributed by atoms with E-state index >= 15 is 0 Å². The van der Waals surface area contributed by atoms with Crippen molar-refractivity contribution in [1.29, 1.82) is 0 Å². The fourth-order valence-corrected chi connectivity index (χ4v) is 1.57. The maximum absolute atomic E-state index is 10.8. The van der Waals surface area contributed by atoms with Crippen molar-refractivity contribution in [3.8, 4) is 0 Å². The molecule has 0 N–H and O–H groups in total. The molecule has 3 nitrogen and oxygen atoms in total. The molecule has 0 spiro atoms. The zero-order valence-electron chi connectivity index (χ0n) is 7.09. The number of hydrogen-bond acceptors (Lipinski definition) is 3. The van der Waals surface area contributed by atoms with Crippen molar-refractivity contribution in [1.82, 2.24) is 0 Å². The summed E-state index contributed by atoms with van der Waals surface area (Å²) in [5.74, 6) is 0.652. The first-order valence-corrected chi connectivity index (χ1v) is 4.65. The summed E-state index contributed by atoms with van der Waals surface area (Å²) in [6, 6.07) is -0.138. The average molecular weight is 193 g/mol. The maximum Gasteiger partial charge on any atom is 0.509 e. The van der Waals surface area contributed by atoms with Gasteiger partial charge >= 0.3 is 6.16 Å². The minimum Gasteiger partial charge on any atom is -0.431 e. The molecule has 4 heteroatoms. The third kappa shape index (κ3) is 2.89. The lowest BCUT2D eigenvalue weighted by Crippen LogP contribution is -2.15. The van der Waals surface area contributed by atoms with Gasteiger partial charge < -0.3 is 9.47 Å². The van der Waals surface area contributed by atoms with Crippen molar-refractivity contribution in [2.24, 2.45) is 5.92 Å². The zero-order valence-corrected chi connectivity index (χ0v) is 7.84. The van der Waals surface area contributed by atoms with E-state index in [2.05, 4.69) is 11.7 Å². The predicted octanol–water partition coefficient (Wildman–Crippen LogP) is 2.52. The Bertz CT molecular complexity index is 160. The third-order valence-corrected chi connectivity index (χ3v) is 2.19. The van der Waals surface area contributed by atoms with Gasteiger partial charge in [0, 0.05) is 0 Å². The summed E-state index contributed by atoms with van der Waals surface area (Å²) in [4.78, 5) is 10.8. The summed E-state index contributed by atoms with van der Waals surface area (Å²) < 4.78 is 9.42. The average Bonchev–Trinajstić information content (AvgIpc) is 2.36. The lowest BCUT2D eigenvalue weighted by Gasteiger charge is -2.10. The second kappa shape index (κ2) is 4.55. The highest BCUT2D eigenvalue weighted by Gasteiger charge is 2.24. The summed E-state index contributed by atoms with van der Waals surface area (Å²) in [5.41, 5.74) is 0. The van der Waals surface area contributed by atoms with Crippen molar-refractivity contribution in [3.63, 3.8) is 0 Å². The highest BCUT2D eigenvalue weighted by molar-refractivity contribution is 6.17. The molecule has 12 heavy (non-hydrogen) atoms. The molecule has 1 saturated carbocycles. The van der Waals surface area contributed by atoms with Crippen LogP contribution in [0.1, 0.15) is 26.2 Å². The highest BCUT2D eigenvalue weighted by atomic mass is 35.5. The third-order valence-electron chi connectivity index (χ3n) is 2.08. The van der Waals surface area contributed by atoms with Gasteiger partial charge in [0.2, 0.25) is 0 Å². The van der Waals surface area contributed by atoms with Gasteiger partial charge in [0.05, 0.1) is 0 Å². The van der Waals surface area contributed by atoms with Crippen molar-refractivity contribution < 1.29 is 14.3 Å². The molecule has 0 bridgehead atoms. The van der Waals surface area contributed by atoms with Gasteiger partial charge in [-0.15, -0.1) is 0 Å². The number of hydrogen-bond donors (Lipinski definition) is 0. The van der Waals surface area contributed by atoms with Crippen LogP contribution in [-0.2, 0) is 9.47 Å². The molecule has 0 aromatic carbocycles. The Kier molecular flexibility index (Phi) is 3.66. The van der Waals surface area contributed by atoms with E-state index < -0.39 is 6.16 Å². The van der Waals surface area contributed by atoms with Crippen LogP contribution in [0.5, 0.6) is 0 Å². The van der Waals surface area contributed by atoms with E-state index in [1.54, 1.807) is 0 Å². The van der Waals surface area contributed by atoms with Crippen LogP contribution < -0.4 is 0 Å². The van der Waals surface area contributed by atoms with Crippen molar-refractivity contribution in [2.45, 2.75) is 32.3 Å². The van der Waals surface area contributed by atoms with Gasteiger partial charge in [0.1, 0.15) is 6.10 Å². The molecule has 1 fully saturated rings. The molecule has 0 aliphatic heterocycles. The molecule has 1 aliphatic rings. The summed E-state index contributed by atoms with van der Waals surface area (Å²) in [5, 5.41) is 0. The molecule has 0 aromatic rings. The van der Waals surface area contributed by atoms with Crippen LogP contribution in [0.2, 0.25) is 0 Å². The van der Waals surface area contributed by atoms with E-state index in [0.29, 0.717) is 5.92 Å². The number of halogens is 1. The summed E-state index contributed by atoms with van der Waals surface area (Å²) >= 11 is 5.19. The normalized spacial score (nSPS) is 28.5. The number of carbonyl (C=O) groups excluding carboxylic acids is 1. The fourth-order valence-electron chi connectivity index (χ4n) is 1.48. The molecular formula is C8H13ClO3. The summed E-state index contributed by atoms with van der Waals surface area (Å²) in [7, 11) is 0. The van der Waals surface area contributed by atoms with Crippen LogP contribution in [0.25, 0.3) is 0 Å². The van der Waals surface area contributed by atoms with Crippen LogP contribution in [0.3, 0.4) is 0 Å². The molecule has 0 amide bonds. The monoisotopic (exact) mass is 192 g/mol. The molecule has 0 radical (unpaired) electrons. The lowest BCUT2D eigenvalue weighted by atomic mass is 10.1. The van der Waals surface area contributed by atoms with E-state index in [4.69, 9.17) is 16.3 Å². The molecule has 1 rings (SSSR count). The topological polar surface area (TPSA) is 35.5 Å².